The number of hydrogen-bond acceptors (Lipinski definition) is 4. The smallest absolute Gasteiger partial charge is 0.870 e. The van der Waals surface area contributed by atoms with E-state index < -0.39 is 10.1 Å². The van der Waals surface area contributed by atoms with Gasteiger partial charge in [0.15, 0.2) is 0 Å². The van der Waals surface area contributed by atoms with Gasteiger partial charge in [0.05, 0.1) is 4.90 Å². The second-order valence-corrected chi connectivity index (χ2v) is 8.44. The Morgan fingerprint density at radius 2 is 1.52 bits per heavy atom. The van der Waals surface area contributed by atoms with Crippen molar-refractivity contribution < 1.29 is 52.4 Å². The van der Waals surface area contributed by atoms with Crippen molar-refractivity contribution in [1.82, 2.24) is 0 Å². The fourth-order valence-corrected chi connectivity index (χ4v) is 3.64. The molecule has 1 N–H and O–H groups in total. The minimum Gasteiger partial charge on any atom is -0.870 e. The SMILES string of the molecule is CCCCCCCCCCc1cc(S(=O)(=O)O)ccc1Oc1ccccc1[O-].[Na+]. The van der Waals surface area contributed by atoms with Gasteiger partial charge in [-0.05, 0) is 42.7 Å². The topological polar surface area (TPSA) is 86.7 Å². The first-order valence-electron chi connectivity index (χ1n) is 9.96. The monoisotopic (exact) mass is 428 g/mol. The van der Waals surface area contributed by atoms with E-state index in [2.05, 4.69) is 6.92 Å². The molecule has 7 heteroatoms. The first-order chi connectivity index (χ1) is 13.4. The molecule has 0 bridgehead atoms. The van der Waals surface area contributed by atoms with Crippen LogP contribution in [0.4, 0.5) is 0 Å². The fourth-order valence-electron chi connectivity index (χ4n) is 3.11. The first kappa shape index (κ1) is 26.0. The van der Waals surface area contributed by atoms with Crippen LogP contribution >= 0.6 is 0 Å². The van der Waals surface area contributed by atoms with Crippen LogP contribution in [0.5, 0.6) is 17.2 Å². The minimum atomic E-state index is -4.29. The first-order valence-corrected chi connectivity index (χ1v) is 11.4. The van der Waals surface area contributed by atoms with E-state index in [1.807, 2.05) is 0 Å². The second kappa shape index (κ2) is 13.3. The third-order valence-corrected chi connectivity index (χ3v) is 5.55. The van der Waals surface area contributed by atoms with E-state index in [-0.39, 0.29) is 46.0 Å². The maximum atomic E-state index is 11.9. The summed E-state index contributed by atoms with van der Waals surface area (Å²) >= 11 is 0. The van der Waals surface area contributed by atoms with Gasteiger partial charge in [0.1, 0.15) is 11.5 Å². The van der Waals surface area contributed by atoms with Gasteiger partial charge in [-0.2, -0.15) is 8.42 Å². The molecule has 2 rings (SSSR count). The van der Waals surface area contributed by atoms with Gasteiger partial charge in [0, 0.05) is 0 Å². The summed E-state index contributed by atoms with van der Waals surface area (Å²) in [6.45, 7) is 2.20. The molecule has 154 valence electrons. The van der Waals surface area contributed by atoms with Gasteiger partial charge in [-0.1, -0.05) is 75.8 Å². The summed E-state index contributed by atoms with van der Waals surface area (Å²) in [4.78, 5) is -0.162. The Kier molecular flexibility index (Phi) is 11.9. The molecule has 0 saturated carbocycles. The number of rotatable bonds is 12. The van der Waals surface area contributed by atoms with Crippen molar-refractivity contribution in [3.05, 3.63) is 48.0 Å². The molecule has 0 unspecified atom stereocenters. The average Bonchev–Trinajstić information content (AvgIpc) is 2.66. The van der Waals surface area contributed by atoms with Gasteiger partial charge < -0.3 is 9.84 Å². The molecule has 0 radical (unpaired) electrons. The summed E-state index contributed by atoms with van der Waals surface area (Å²) in [5.41, 5.74) is 0.671. The largest absolute Gasteiger partial charge is 1.00 e. The molecule has 0 aliphatic heterocycles. The predicted octanol–water partition coefficient (Wildman–Crippen LogP) is 2.49. The van der Waals surface area contributed by atoms with E-state index >= 15 is 0 Å². The average molecular weight is 429 g/mol. The van der Waals surface area contributed by atoms with Crippen molar-refractivity contribution in [1.29, 1.82) is 0 Å². The molecule has 0 amide bonds. The Morgan fingerprint density at radius 3 is 2.14 bits per heavy atom. The van der Waals surface area contributed by atoms with E-state index in [0.717, 1.165) is 19.3 Å². The van der Waals surface area contributed by atoms with E-state index in [1.165, 1.54) is 56.4 Å². The Balaban J connectivity index is 0.00000420. The predicted molar refractivity (Wildman–Crippen MR) is 109 cm³/mol. The zero-order valence-electron chi connectivity index (χ0n) is 17.4. The number of benzene rings is 2. The van der Waals surface area contributed by atoms with Crippen LogP contribution in [0, 0.1) is 0 Å². The van der Waals surface area contributed by atoms with Crippen molar-refractivity contribution in [2.75, 3.05) is 0 Å². The standard InChI is InChI=1S/C22H30O5S.Na/c1-2-3-4-5-6-7-8-9-12-18-17-19(28(24,25)26)15-16-21(18)27-22-14-11-10-13-20(22)23;/h10-11,13-17,23H,2-9,12H2,1H3,(H,24,25,26);/q;+1/p-1. The Labute approximate surface area is 196 Å². The van der Waals surface area contributed by atoms with Crippen molar-refractivity contribution in [2.45, 2.75) is 69.6 Å². The summed E-state index contributed by atoms with van der Waals surface area (Å²) in [5.74, 6) is 0.400. The van der Waals surface area contributed by atoms with E-state index in [9.17, 15) is 18.1 Å². The zero-order chi connectivity index (χ0) is 20.4. The number of aryl methyl sites for hydroxylation is 1. The maximum Gasteiger partial charge on any atom is 1.00 e. The van der Waals surface area contributed by atoms with Gasteiger partial charge in [-0.3, -0.25) is 4.55 Å². The van der Waals surface area contributed by atoms with Crippen LogP contribution in [0.1, 0.15) is 63.9 Å². The molecular weight excluding hydrogens is 399 g/mol. The molecule has 0 aromatic heterocycles. The summed E-state index contributed by atoms with van der Waals surface area (Å²) < 4.78 is 38.0. The summed E-state index contributed by atoms with van der Waals surface area (Å²) in [5, 5.41) is 11.9. The van der Waals surface area contributed by atoms with Crippen LogP contribution in [0.15, 0.2) is 47.4 Å². The number of hydrogen-bond donors (Lipinski definition) is 1. The summed E-state index contributed by atoms with van der Waals surface area (Å²) in [6.07, 6.45) is 9.94. The number of ether oxygens (including phenoxy) is 1. The molecule has 0 aliphatic rings. The van der Waals surface area contributed by atoms with Crippen molar-refractivity contribution >= 4 is 10.1 Å². The van der Waals surface area contributed by atoms with Gasteiger partial charge >= 0.3 is 29.6 Å². The van der Waals surface area contributed by atoms with Gasteiger partial charge in [0.25, 0.3) is 10.1 Å². The molecule has 0 aliphatic carbocycles. The van der Waals surface area contributed by atoms with Crippen LogP contribution < -0.4 is 39.4 Å². The van der Waals surface area contributed by atoms with Crippen molar-refractivity contribution in [2.24, 2.45) is 0 Å². The molecule has 5 nitrogen and oxygen atoms in total. The van der Waals surface area contributed by atoms with E-state index in [0.29, 0.717) is 17.7 Å². The molecule has 0 saturated heterocycles. The molecular formula is C22H29NaO5S. The molecule has 29 heavy (non-hydrogen) atoms. The third-order valence-electron chi connectivity index (χ3n) is 4.70. The molecule has 0 atom stereocenters. The summed E-state index contributed by atoms with van der Waals surface area (Å²) in [6, 6.07) is 10.6. The van der Waals surface area contributed by atoms with Crippen LogP contribution in [0.3, 0.4) is 0 Å². The van der Waals surface area contributed by atoms with Crippen LogP contribution in [0.2, 0.25) is 0 Å². The second-order valence-electron chi connectivity index (χ2n) is 7.02. The number of para-hydroxylation sites is 2. The Morgan fingerprint density at radius 1 is 0.897 bits per heavy atom. The molecule has 0 spiro atoms. The van der Waals surface area contributed by atoms with E-state index in [1.54, 1.807) is 18.2 Å². The Hall–Kier alpha value is -1.05. The third kappa shape index (κ3) is 9.09. The van der Waals surface area contributed by atoms with E-state index in [4.69, 9.17) is 4.74 Å². The zero-order valence-corrected chi connectivity index (χ0v) is 20.2. The number of unbranched alkanes of at least 4 members (excludes halogenated alkanes) is 7. The summed E-state index contributed by atoms with van der Waals surface area (Å²) in [7, 11) is -4.29. The van der Waals surface area contributed by atoms with Gasteiger partial charge in [0.2, 0.25) is 0 Å². The molecule has 2 aromatic carbocycles. The molecule has 0 fully saturated rings. The van der Waals surface area contributed by atoms with Gasteiger partial charge in [-0.15, -0.1) is 0 Å². The quantitative estimate of drug-likeness (QED) is 0.319. The minimum absolute atomic E-state index is 0. The fraction of sp³-hybridized carbons (Fsp3) is 0.455. The molecule has 0 heterocycles. The molecule has 2 aromatic rings. The van der Waals surface area contributed by atoms with Crippen LogP contribution in [-0.2, 0) is 16.5 Å². The van der Waals surface area contributed by atoms with Crippen LogP contribution in [0.25, 0.3) is 0 Å². The normalized spacial score (nSPS) is 11.1. The Bertz CT molecular complexity index is 852. The van der Waals surface area contributed by atoms with Gasteiger partial charge in [-0.25, -0.2) is 0 Å². The van der Waals surface area contributed by atoms with Crippen molar-refractivity contribution in [3.8, 4) is 17.2 Å². The van der Waals surface area contributed by atoms with Crippen molar-refractivity contribution in [3.63, 3.8) is 0 Å². The van der Waals surface area contributed by atoms with Crippen LogP contribution in [-0.4, -0.2) is 13.0 Å². The maximum absolute atomic E-state index is 11.9.